The molecular weight excluding hydrogens is 319 g/mol. The Labute approximate surface area is 137 Å². The van der Waals surface area contributed by atoms with Crippen LogP contribution in [0.15, 0.2) is 48.5 Å². The first-order valence-electron chi connectivity index (χ1n) is 6.67. The van der Waals surface area contributed by atoms with Gasteiger partial charge >= 0.3 is 0 Å². The highest BCUT2D eigenvalue weighted by Gasteiger charge is 2.13. The van der Waals surface area contributed by atoms with Crippen LogP contribution >= 0.6 is 23.2 Å². The zero-order valence-corrected chi connectivity index (χ0v) is 13.2. The van der Waals surface area contributed by atoms with Crippen LogP contribution in [0.25, 0.3) is 10.9 Å². The smallest absolute Gasteiger partial charge is 0.256 e. The summed E-state index contributed by atoms with van der Waals surface area (Å²) in [5.41, 5.74) is 2.66. The number of aryl methyl sites for hydroxylation is 1. The molecule has 0 saturated heterocycles. The molecule has 0 unspecified atom stereocenters. The highest BCUT2D eigenvalue weighted by Crippen LogP contribution is 2.27. The zero-order chi connectivity index (χ0) is 15.7. The van der Waals surface area contributed by atoms with E-state index in [1.54, 1.807) is 24.3 Å². The average Bonchev–Trinajstić information content (AvgIpc) is 2.49. The Bertz CT molecular complexity index is 878. The number of pyridine rings is 1. The summed E-state index contributed by atoms with van der Waals surface area (Å²) in [6, 6.07) is 14.3. The lowest BCUT2D eigenvalue weighted by molar-refractivity contribution is 0.102. The molecule has 1 aromatic heterocycles. The lowest BCUT2D eigenvalue weighted by atomic mass is 10.1. The number of nitrogens with zero attached hydrogens (tertiary/aromatic N) is 1. The van der Waals surface area contributed by atoms with Crippen molar-refractivity contribution in [2.75, 3.05) is 5.32 Å². The number of benzene rings is 2. The molecule has 0 saturated carbocycles. The number of para-hydroxylation sites is 1. The van der Waals surface area contributed by atoms with E-state index in [9.17, 15) is 4.79 Å². The van der Waals surface area contributed by atoms with Crippen LogP contribution in [-0.4, -0.2) is 10.9 Å². The van der Waals surface area contributed by atoms with Gasteiger partial charge in [0.15, 0.2) is 0 Å². The molecule has 5 heteroatoms. The van der Waals surface area contributed by atoms with E-state index in [-0.39, 0.29) is 5.91 Å². The minimum atomic E-state index is -0.231. The lowest BCUT2D eigenvalue weighted by Gasteiger charge is -2.10. The predicted octanol–water partition coefficient (Wildman–Crippen LogP) is 5.10. The Morgan fingerprint density at radius 2 is 1.86 bits per heavy atom. The maximum atomic E-state index is 12.6. The van der Waals surface area contributed by atoms with Gasteiger partial charge in [0, 0.05) is 16.1 Å². The number of anilines is 1. The van der Waals surface area contributed by atoms with Gasteiger partial charge in [-0.15, -0.1) is 0 Å². The summed E-state index contributed by atoms with van der Waals surface area (Å²) in [4.78, 5) is 17.0. The summed E-state index contributed by atoms with van der Waals surface area (Å²) >= 11 is 12.0. The molecule has 0 spiro atoms. The zero-order valence-electron chi connectivity index (χ0n) is 11.7. The minimum Gasteiger partial charge on any atom is -0.321 e. The van der Waals surface area contributed by atoms with Crippen molar-refractivity contribution in [3.63, 3.8) is 0 Å². The van der Waals surface area contributed by atoms with E-state index in [1.165, 1.54) is 0 Å². The molecule has 22 heavy (non-hydrogen) atoms. The van der Waals surface area contributed by atoms with Crippen LogP contribution in [0.4, 0.5) is 5.69 Å². The molecule has 3 rings (SSSR count). The van der Waals surface area contributed by atoms with E-state index in [1.807, 2.05) is 31.2 Å². The summed E-state index contributed by atoms with van der Waals surface area (Å²) < 4.78 is 0. The molecule has 0 aliphatic heterocycles. The van der Waals surface area contributed by atoms with Crippen LogP contribution in [0.2, 0.25) is 10.0 Å². The average molecular weight is 331 g/mol. The lowest BCUT2D eigenvalue weighted by Crippen LogP contribution is -2.13. The van der Waals surface area contributed by atoms with E-state index in [2.05, 4.69) is 10.3 Å². The molecule has 1 amide bonds. The third kappa shape index (κ3) is 2.91. The summed E-state index contributed by atoms with van der Waals surface area (Å²) in [6.45, 7) is 1.86. The second-order valence-corrected chi connectivity index (χ2v) is 5.75. The maximum absolute atomic E-state index is 12.6. The number of hydrogen-bond acceptors (Lipinski definition) is 2. The standard InChI is InChI=1S/C17H12Cl2N2O/c1-10-8-13(12-4-2-3-5-15(12)20-10)17(22)21-16-7-6-11(18)9-14(16)19/h2-9H,1H3,(H,21,22). The number of carbonyl (C=O) groups is 1. The van der Waals surface area contributed by atoms with E-state index in [4.69, 9.17) is 23.2 Å². The fourth-order valence-corrected chi connectivity index (χ4v) is 2.73. The van der Waals surface area contributed by atoms with Crippen molar-refractivity contribution in [3.8, 4) is 0 Å². The highest BCUT2D eigenvalue weighted by atomic mass is 35.5. The molecular formula is C17H12Cl2N2O. The van der Waals surface area contributed by atoms with Crippen molar-refractivity contribution >= 4 is 45.7 Å². The van der Waals surface area contributed by atoms with E-state index < -0.39 is 0 Å². The van der Waals surface area contributed by atoms with Gasteiger partial charge in [-0.3, -0.25) is 9.78 Å². The monoisotopic (exact) mass is 330 g/mol. The molecule has 1 heterocycles. The Morgan fingerprint density at radius 3 is 2.64 bits per heavy atom. The number of hydrogen-bond donors (Lipinski definition) is 1. The van der Waals surface area contributed by atoms with Crippen molar-refractivity contribution in [3.05, 3.63) is 69.8 Å². The molecule has 0 atom stereocenters. The first-order chi connectivity index (χ1) is 10.5. The second kappa shape index (κ2) is 5.95. The largest absolute Gasteiger partial charge is 0.321 e. The van der Waals surface area contributed by atoms with Crippen LogP contribution in [-0.2, 0) is 0 Å². The number of amides is 1. The predicted molar refractivity (Wildman–Crippen MR) is 90.9 cm³/mol. The summed E-state index contributed by atoms with van der Waals surface area (Å²) in [5, 5.41) is 4.54. The summed E-state index contributed by atoms with van der Waals surface area (Å²) in [7, 11) is 0. The number of nitrogens with one attached hydrogen (secondary N) is 1. The van der Waals surface area contributed by atoms with Crippen LogP contribution < -0.4 is 5.32 Å². The fraction of sp³-hybridized carbons (Fsp3) is 0.0588. The molecule has 3 aromatic rings. The van der Waals surface area contributed by atoms with Crippen molar-refractivity contribution in [1.82, 2.24) is 4.98 Å². The molecule has 0 aliphatic carbocycles. The molecule has 0 bridgehead atoms. The number of fused-ring (bicyclic) bond motifs is 1. The molecule has 110 valence electrons. The van der Waals surface area contributed by atoms with Crippen molar-refractivity contribution in [2.24, 2.45) is 0 Å². The third-order valence-corrected chi connectivity index (χ3v) is 3.82. The van der Waals surface area contributed by atoms with Gasteiger partial charge in [-0.2, -0.15) is 0 Å². The number of aromatic nitrogens is 1. The van der Waals surface area contributed by atoms with Crippen LogP contribution in [0, 0.1) is 6.92 Å². The SMILES string of the molecule is Cc1cc(C(=O)Nc2ccc(Cl)cc2Cl)c2ccccc2n1. The Kier molecular flexibility index (Phi) is 4.01. The van der Waals surface area contributed by atoms with Gasteiger partial charge in [-0.1, -0.05) is 41.4 Å². The molecule has 1 N–H and O–H groups in total. The molecule has 0 radical (unpaired) electrons. The molecule has 0 aliphatic rings. The van der Waals surface area contributed by atoms with Gasteiger partial charge in [0.2, 0.25) is 0 Å². The van der Waals surface area contributed by atoms with Gasteiger partial charge in [0.25, 0.3) is 5.91 Å². The number of carbonyl (C=O) groups excluding carboxylic acids is 1. The topological polar surface area (TPSA) is 42.0 Å². The Hall–Kier alpha value is -2.10. The summed E-state index contributed by atoms with van der Waals surface area (Å²) in [6.07, 6.45) is 0. The fourth-order valence-electron chi connectivity index (χ4n) is 2.28. The van der Waals surface area contributed by atoms with Crippen LogP contribution in [0.5, 0.6) is 0 Å². The minimum absolute atomic E-state index is 0.231. The Balaban J connectivity index is 2.02. The normalized spacial score (nSPS) is 10.7. The van der Waals surface area contributed by atoms with E-state index in [0.717, 1.165) is 16.6 Å². The van der Waals surface area contributed by atoms with Gasteiger partial charge in [-0.25, -0.2) is 0 Å². The van der Waals surface area contributed by atoms with E-state index >= 15 is 0 Å². The highest BCUT2D eigenvalue weighted by molar-refractivity contribution is 6.37. The van der Waals surface area contributed by atoms with Crippen molar-refractivity contribution < 1.29 is 4.79 Å². The van der Waals surface area contributed by atoms with Crippen LogP contribution in [0.1, 0.15) is 16.1 Å². The number of rotatable bonds is 2. The van der Waals surface area contributed by atoms with Gasteiger partial charge in [0.05, 0.1) is 21.8 Å². The first kappa shape index (κ1) is 14.8. The van der Waals surface area contributed by atoms with Crippen molar-refractivity contribution in [1.29, 1.82) is 0 Å². The third-order valence-electron chi connectivity index (χ3n) is 3.27. The molecule has 0 fully saturated rings. The van der Waals surface area contributed by atoms with Gasteiger partial charge < -0.3 is 5.32 Å². The quantitative estimate of drug-likeness (QED) is 0.710. The van der Waals surface area contributed by atoms with Crippen LogP contribution in [0.3, 0.4) is 0 Å². The second-order valence-electron chi connectivity index (χ2n) is 4.91. The maximum Gasteiger partial charge on any atom is 0.256 e. The number of halogens is 2. The summed E-state index contributed by atoms with van der Waals surface area (Å²) in [5.74, 6) is -0.231. The van der Waals surface area contributed by atoms with Gasteiger partial charge in [0.1, 0.15) is 0 Å². The first-order valence-corrected chi connectivity index (χ1v) is 7.43. The van der Waals surface area contributed by atoms with E-state index in [0.29, 0.717) is 21.3 Å². The van der Waals surface area contributed by atoms with Gasteiger partial charge in [-0.05, 0) is 37.3 Å². The van der Waals surface area contributed by atoms with Crippen molar-refractivity contribution in [2.45, 2.75) is 6.92 Å². The molecule has 3 nitrogen and oxygen atoms in total. The Morgan fingerprint density at radius 1 is 1.09 bits per heavy atom. The molecule has 2 aromatic carbocycles.